The van der Waals surface area contributed by atoms with E-state index in [0.29, 0.717) is 0 Å². The van der Waals surface area contributed by atoms with Crippen molar-refractivity contribution < 1.29 is 49.0 Å². The molecular weight excluding hydrogens is 450 g/mol. The average molecular weight is 475 g/mol. The molecule has 1 fully saturated rings. The van der Waals surface area contributed by atoms with Gasteiger partial charge in [-0.05, 0) is 6.42 Å². The third-order valence-electron chi connectivity index (χ3n) is 4.63. The molecule has 0 bridgehead atoms. The smallest absolute Gasteiger partial charge is 0.0253 e. The van der Waals surface area contributed by atoms with Gasteiger partial charge >= 0.3 is 59.5 Å². The molecule has 2 aliphatic carbocycles. The van der Waals surface area contributed by atoms with Crippen LogP contribution in [0, 0.1) is 6.07 Å². The van der Waals surface area contributed by atoms with Crippen LogP contribution in [0.1, 0.15) is 43.2 Å². The van der Waals surface area contributed by atoms with Gasteiger partial charge < -0.3 is 24.8 Å². The van der Waals surface area contributed by atoms with Crippen molar-refractivity contribution in [2.75, 3.05) is 0 Å². The van der Waals surface area contributed by atoms with Gasteiger partial charge in [-0.2, -0.15) is 48.0 Å². The van der Waals surface area contributed by atoms with Gasteiger partial charge in [-0.3, -0.25) is 0 Å². The van der Waals surface area contributed by atoms with E-state index < -0.39 is 0 Å². The van der Waals surface area contributed by atoms with E-state index in [9.17, 15) is 0 Å². The Balaban J connectivity index is 0.000000223. The maximum absolute atomic E-state index is 3.30. The first-order valence-electron chi connectivity index (χ1n) is 9.15. The van der Waals surface area contributed by atoms with Gasteiger partial charge in [0, 0.05) is 0 Å². The van der Waals surface area contributed by atoms with E-state index in [1.807, 2.05) is 36.4 Å². The molecular formula is C24H24Cl2Zr-2. The second-order valence-electron chi connectivity index (χ2n) is 6.52. The fourth-order valence-electron chi connectivity index (χ4n) is 3.30. The number of hydrogen-bond donors (Lipinski definition) is 0. The Kier molecular flexibility index (Phi) is 11.9. The maximum atomic E-state index is 3.30. The molecule has 0 spiro atoms. The third kappa shape index (κ3) is 7.57. The molecule has 2 aliphatic rings. The summed E-state index contributed by atoms with van der Waals surface area (Å²) in [5.41, 5.74) is 5.51. The van der Waals surface area contributed by atoms with E-state index in [-0.39, 0.29) is 24.8 Å². The van der Waals surface area contributed by atoms with Crippen LogP contribution in [0.3, 0.4) is 0 Å². The first kappa shape index (κ1) is 24.2. The largest absolute Gasteiger partial charge is 0.214 e. The number of benzene rings is 2. The molecule has 27 heavy (non-hydrogen) atoms. The van der Waals surface area contributed by atoms with Gasteiger partial charge in [0.05, 0.1) is 0 Å². The first-order valence-corrected chi connectivity index (χ1v) is 10.4. The van der Waals surface area contributed by atoms with Crippen LogP contribution in [0.2, 0.25) is 0 Å². The summed E-state index contributed by atoms with van der Waals surface area (Å²) in [5.74, 6) is 0. The molecule has 0 amide bonds. The van der Waals surface area contributed by atoms with Gasteiger partial charge in [0.25, 0.3) is 0 Å². The molecule has 3 heteroatoms. The Bertz CT molecular complexity index is 725. The van der Waals surface area contributed by atoms with Gasteiger partial charge in [0.1, 0.15) is 0 Å². The SMILES string of the molecule is [Cl-].[Cl-].[Zr+2]=[C]1CCCCC1.[c-]1cccc2c1Cc1ccccc1-2.c1cc[cH-]c1. The zero-order chi connectivity index (χ0) is 17.3. The normalized spacial score (nSPS) is 13.3. The molecule has 3 aromatic rings. The molecule has 0 aliphatic heterocycles. The minimum absolute atomic E-state index is 0. The van der Waals surface area contributed by atoms with E-state index in [2.05, 4.69) is 42.5 Å². The maximum Gasteiger partial charge on any atom is -0.0253 e. The zero-order valence-corrected chi connectivity index (χ0v) is 19.4. The van der Waals surface area contributed by atoms with E-state index >= 15 is 0 Å². The molecule has 0 radical (unpaired) electrons. The average Bonchev–Trinajstić information content (AvgIpc) is 3.34. The van der Waals surface area contributed by atoms with Crippen LogP contribution in [0.25, 0.3) is 11.1 Å². The summed E-state index contributed by atoms with van der Waals surface area (Å²) in [6, 6.07) is 28.1. The van der Waals surface area contributed by atoms with E-state index in [4.69, 9.17) is 0 Å². The van der Waals surface area contributed by atoms with E-state index in [1.54, 1.807) is 27.4 Å². The van der Waals surface area contributed by atoms with Crippen LogP contribution >= 0.6 is 0 Å². The summed E-state index contributed by atoms with van der Waals surface area (Å²) >= 11 is 1.69. The number of fused-ring (bicyclic) bond motifs is 3. The molecule has 3 aromatic carbocycles. The molecule has 0 atom stereocenters. The monoisotopic (exact) mass is 472 g/mol. The summed E-state index contributed by atoms with van der Waals surface area (Å²) in [4.78, 5) is 0. The van der Waals surface area contributed by atoms with Gasteiger partial charge in [-0.1, -0.05) is 35.4 Å². The number of rotatable bonds is 0. The van der Waals surface area contributed by atoms with Crippen LogP contribution in [0.4, 0.5) is 0 Å². The topological polar surface area (TPSA) is 0 Å². The Labute approximate surface area is 190 Å². The predicted molar refractivity (Wildman–Crippen MR) is 104 cm³/mol. The Morgan fingerprint density at radius 2 is 1.44 bits per heavy atom. The zero-order valence-electron chi connectivity index (χ0n) is 15.4. The molecule has 1 saturated carbocycles. The van der Waals surface area contributed by atoms with Gasteiger partial charge in [0.2, 0.25) is 0 Å². The number of halogens is 2. The minimum Gasteiger partial charge on any atom is -0.214 e. The van der Waals surface area contributed by atoms with Gasteiger partial charge in [-0.25, -0.2) is 12.1 Å². The first-order chi connectivity index (χ1) is 12.3. The molecule has 5 rings (SSSR count). The van der Waals surface area contributed by atoms with Crippen LogP contribution in [0.5, 0.6) is 0 Å². The fourth-order valence-corrected chi connectivity index (χ4v) is 4.17. The minimum atomic E-state index is 0. The molecule has 0 unspecified atom stereocenters. The Hall–Kier alpha value is -0.877. The van der Waals surface area contributed by atoms with Crippen LogP contribution in [-0.2, 0) is 30.7 Å². The van der Waals surface area contributed by atoms with E-state index in [0.717, 1.165) is 6.42 Å². The summed E-state index contributed by atoms with van der Waals surface area (Å²) in [5, 5.41) is 0. The molecule has 140 valence electrons. The quantitative estimate of drug-likeness (QED) is 0.318. The van der Waals surface area contributed by atoms with E-state index in [1.165, 1.54) is 54.4 Å². The number of hydrogen-bond acceptors (Lipinski definition) is 0. The molecule has 0 saturated heterocycles. The van der Waals surface area contributed by atoms with Crippen molar-refractivity contribution in [1.29, 1.82) is 0 Å². The van der Waals surface area contributed by atoms with Gasteiger partial charge in [-0.15, -0.1) is 5.56 Å². The summed E-state index contributed by atoms with van der Waals surface area (Å²) in [6.45, 7) is 0. The van der Waals surface area contributed by atoms with Crippen molar-refractivity contribution in [3.8, 4) is 11.1 Å². The molecule has 0 N–H and O–H groups in total. The standard InChI is InChI=1S/C13H9.C6H10.C5H5.2ClH.Zr/c1-3-7-12-10(5-1)9-11-6-2-4-8-13(11)12;1-2-4-6-5-3-1;1-2-4-5-3-1;;;/h1-5,7-8H,9H2;1-5H2;1-5H;2*1H;/q-1;;-1;;;+2/p-2. The van der Waals surface area contributed by atoms with Crippen LogP contribution in [0.15, 0.2) is 72.8 Å². The van der Waals surface area contributed by atoms with Crippen molar-refractivity contribution >= 4 is 3.21 Å². The van der Waals surface area contributed by atoms with Crippen molar-refractivity contribution in [2.24, 2.45) is 0 Å². The van der Waals surface area contributed by atoms with Crippen molar-refractivity contribution in [2.45, 2.75) is 38.5 Å². The van der Waals surface area contributed by atoms with Crippen molar-refractivity contribution in [3.63, 3.8) is 0 Å². The third-order valence-corrected chi connectivity index (χ3v) is 5.86. The Morgan fingerprint density at radius 3 is 2.04 bits per heavy atom. The summed E-state index contributed by atoms with van der Waals surface area (Å²) in [7, 11) is 0. The molecule has 0 heterocycles. The predicted octanol–water partition coefficient (Wildman–Crippen LogP) is 0.141. The second-order valence-corrected chi connectivity index (χ2v) is 8.26. The molecule has 0 aromatic heterocycles. The Morgan fingerprint density at radius 1 is 0.778 bits per heavy atom. The summed E-state index contributed by atoms with van der Waals surface area (Å²) < 4.78 is 1.80. The van der Waals surface area contributed by atoms with Crippen LogP contribution < -0.4 is 24.8 Å². The molecule has 0 nitrogen and oxygen atoms in total. The van der Waals surface area contributed by atoms with Crippen molar-refractivity contribution in [1.82, 2.24) is 0 Å². The fraction of sp³-hybridized carbons (Fsp3) is 0.250. The second kappa shape index (κ2) is 13.3. The van der Waals surface area contributed by atoms with Crippen LogP contribution in [-0.4, -0.2) is 3.21 Å². The summed E-state index contributed by atoms with van der Waals surface area (Å²) in [6.07, 6.45) is 8.36. The van der Waals surface area contributed by atoms with Gasteiger partial charge in [0.15, 0.2) is 0 Å². The van der Waals surface area contributed by atoms with Crippen molar-refractivity contribution in [3.05, 3.63) is 90.0 Å².